The summed E-state index contributed by atoms with van der Waals surface area (Å²) < 4.78 is 1.48. The number of alkyl halides is 1. The summed E-state index contributed by atoms with van der Waals surface area (Å²) in [6.45, 7) is 0. The fourth-order valence-corrected chi connectivity index (χ4v) is 1.31. The fourth-order valence-electron chi connectivity index (χ4n) is 1.16. The SMILES string of the molecule is O=c1ccnc2ccc(CCl)cn12. The largest absolute Gasteiger partial charge is 0.269 e. The molecule has 3 nitrogen and oxygen atoms in total. The van der Waals surface area contributed by atoms with E-state index in [-0.39, 0.29) is 5.56 Å². The van der Waals surface area contributed by atoms with E-state index in [0.717, 1.165) is 5.56 Å². The molecule has 2 aromatic rings. The van der Waals surface area contributed by atoms with Gasteiger partial charge in [0.25, 0.3) is 5.56 Å². The third kappa shape index (κ3) is 1.42. The second-order valence-corrected chi connectivity index (χ2v) is 2.95. The van der Waals surface area contributed by atoms with Gasteiger partial charge in [0.05, 0.1) is 0 Å². The van der Waals surface area contributed by atoms with Gasteiger partial charge < -0.3 is 0 Å². The highest BCUT2D eigenvalue weighted by Crippen LogP contribution is 2.04. The fraction of sp³-hybridized carbons (Fsp3) is 0.111. The Kier molecular flexibility index (Phi) is 2.02. The van der Waals surface area contributed by atoms with Crippen LogP contribution in [0.4, 0.5) is 0 Å². The number of aromatic nitrogens is 2. The second-order valence-electron chi connectivity index (χ2n) is 2.68. The van der Waals surface area contributed by atoms with Crippen molar-refractivity contribution >= 4 is 17.2 Å². The van der Waals surface area contributed by atoms with Crippen LogP contribution >= 0.6 is 11.6 Å². The van der Waals surface area contributed by atoms with E-state index in [9.17, 15) is 4.79 Å². The van der Waals surface area contributed by atoms with Crippen LogP contribution in [-0.4, -0.2) is 9.38 Å². The molecule has 2 heterocycles. The Labute approximate surface area is 79.6 Å². The first-order valence-corrected chi connectivity index (χ1v) is 4.37. The predicted octanol–water partition coefficient (Wildman–Crippen LogP) is 1.43. The van der Waals surface area contributed by atoms with Crippen LogP contribution < -0.4 is 5.56 Å². The van der Waals surface area contributed by atoms with Crippen molar-refractivity contribution in [3.63, 3.8) is 0 Å². The van der Waals surface area contributed by atoms with E-state index in [1.807, 2.05) is 6.07 Å². The van der Waals surface area contributed by atoms with Crippen LogP contribution in [0, 0.1) is 0 Å². The van der Waals surface area contributed by atoms with E-state index in [2.05, 4.69) is 4.98 Å². The molecule has 0 amide bonds. The molecule has 4 heteroatoms. The zero-order valence-electron chi connectivity index (χ0n) is 6.77. The quantitative estimate of drug-likeness (QED) is 0.644. The standard InChI is InChI=1S/C9H7ClN2O/c10-5-7-1-2-8-11-4-3-9(13)12(8)6-7/h1-4,6H,5H2. The maximum Gasteiger partial charge on any atom is 0.257 e. The molecule has 0 saturated heterocycles. The molecule has 0 N–H and O–H groups in total. The minimum Gasteiger partial charge on any atom is -0.269 e. The van der Waals surface area contributed by atoms with Gasteiger partial charge in [0.2, 0.25) is 0 Å². The first-order valence-electron chi connectivity index (χ1n) is 3.83. The number of halogens is 1. The van der Waals surface area contributed by atoms with Crippen molar-refractivity contribution in [3.8, 4) is 0 Å². The third-order valence-corrected chi connectivity index (χ3v) is 2.11. The molecule has 0 aliphatic rings. The maximum absolute atomic E-state index is 11.3. The molecular formula is C9H7ClN2O. The number of pyridine rings is 1. The normalized spacial score (nSPS) is 10.5. The Morgan fingerprint density at radius 3 is 3.00 bits per heavy atom. The molecule has 0 saturated carbocycles. The molecule has 0 unspecified atom stereocenters. The summed E-state index contributed by atoms with van der Waals surface area (Å²) in [5.74, 6) is 0.400. The highest BCUT2D eigenvalue weighted by Gasteiger charge is 1.96. The van der Waals surface area contributed by atoms with E-state index >= 15 is 0 Å². The smallest absolute Gasteiger partial charge is 0.257 e. The van der Waals surface area contributed by atoms with E-state index in [1.54, 1.807) is 12.3 Å². The Bertz CT molecular complexity index is 492. The van der Waals surface area contributed by atoms with E-state index in [4.69, 9.17) is 11.6 Å². The average Bonchev–Trinajstić information content (AvgIpc) is 2.18. The molecular weight excluding hydrogens is 188 g/mol. The summed E-state index contributed by atoms with van der Waals surface area (Å²) in [7, 11) is 0. The molecule has 2 rings (SSSR count). The number of hydrogen-bond acceptors (Lipinski definition) is 2. The number of rotatable bonds is 1. The lowest BCUT2D eigenvalue weighted by atomic mass is 10.3. The molecule has 13 heavy (non-hydrogen) atoms. The lowest BCUT2D eigenvalue weighted by Gasteiger charge is -2.00. The van der Waals surface area contributed by atoms with Crippen molar-refractivity contribution in [3.05, 3.63) is 46.5 Å². The van der Waals surface area contributed by atoms with Crippen LogP contribution in [0.25, 0.3) is 5.65 Å². The van der Waals surface area contributed by atoms with Gasteiger partial charge in [-0.1, -0.05) is 6.07 Å². The molecule has 0 aliphatic heterocycles. The molecule has 0 fully saturated rings. The van der Waals surface area contributed by atoms with Crippen LogP contribution in [0.15, 0.2) is 35.4 Å². The van der Waals surface area contributed by atoms with Gasteiger partial charge >= 0.3 is 0 Å². The molecule has 0 atom stereocenters. The number of hydrogen-bond donors (Lipinski definition) is 0. The second kappa shape index (κ2) is 3.18. The molecule has 0 aliphatic carbocycles. The van der Waals surface area contributed by atoms with Crippen LogP contribution in [0.2, 0.25) is 0 Å². The highest BCUT2D eigenvalue weighted by molar-refractivity contribution is 6.17. The summed E-state index contributed by atoms with van der Waals surface area (Å²) in [5, 5.41) is 0. The number of fused-ring (bicyclic) bond motifs is 1. The molecule has 2 aromatic heterocycles. The van der Waals surface area contributed by atoms with Crippen molar-refractivity contribution in [2.45, 2.75) is 5.88 Å². The summed E-state index contributed by atoms with van der Waals surface area (Å²) in [6, 6.07) is 5.05. The topological polar surface area (TPSA) is 34.4 Å². The summed E-state index contributed by atoms with van der Waals surface area (Å²) in [5.41, 5.74) is 1.46. The Morgan fingerprint density at radius 1 is 1.38 bits per heavy atom. The Morgan fingerprint density at radius 2 is 2.23 bits per heavy atom. The number of nitrogens with zero attached hydrogens (tertiary/aromatic N) is 2. The van der Waals surface area contributed by atoms with E-state index in [0.29, 0.717) is 11.5 Å². The highest BCUT2D eigenvalue weighted by atomic mass is 35.5. The lowest BCUT2D eigenvalue weighted by molar-refractivity contribution is 1.03. The van der Waals surface area contributed by atoms with E-state index < -0.39 is 0 Å². The minimum atomic E-state index is -0.0861. The lowest BCUT2D eigenvalue weighted by Crippen LogP contribution is -2.12. The van der Waals surface area contributed by atoms with Crippen molar-refractivity contribution in [2.24, 2.45) is 0 Å². The van der Waals surface area contributed by atoms with Crippen molar-refractivity contribution in [1.82, 2.24) is 9.38 Å². The van der Waals surface area contributed by atoms with E-state index in [1.165, 1.54) is 16.7 Å². The van der Waals surface area contributed by atoms with Gasteiger partial charge in [0.1, 0.15) is 5.65 Å². The minimum absolute atomic E-state index is 0.0861. The van der Waals surface area contributed by atoms with Crippen LogP contribution in [0.5, 0.6) is 0 Å². The molecule has 0 bridgehead atoms. The third-order valence-electron chi connectivity index (χ3n) is 1.80. The summed E-state index contributed by atoms with van der Waals surface area (Å²) >= 11 is 5.64. The van der Waals surface area contributed by atoms with Gasteiger partial charge in [-0.3, -0.25) is 9.20 Å². The van der Waals surface area contributed by atoms with Crippen LogP contribution in [0.1, 0.15) is 5.56 Å². The zero-order chi connectivity index (χ0) is 9.26. The van der Waals surface area contributed by atoms with Crippen LogP contribution in [-0.2, 0) is 5.88 Å². The van der Waals surface area contributed by atoms with Gasteiger partial charge in [-0.15, -0.1) is 11.6 Å². The van der Waals surface area contributed by atoms with Crippen molar-refractivity contribution in [1.29, 1.82) is 0 Å². The maximum atomic E-state index is 11.3. The van der Waals surface area contributed by atoms with Crippen LogP contribution in [0.3, 0.4) is 0 Å². The zero-order valence-corrected chi connectivity index (χ0v) is 7.53. The Hall–Kier alpha value is -1.35. The van der Waals surface area contributed by atoms with Gasteiger partial charge in [-0.25, -0.2) is 4.98 Å². The summed E-state index contributed by atoms with van der Waals surface area (Å²) in [6.07, 6.45) is 3.20. The van der Waals surface area contributed by atoms with Gasteiger partial charge in [0, 0.05) is 24.3 Å². The monoisotopic (exact) mass is 194 g/mol. The molecule has 0 aromatic carbocycles. The molecule has 0 spiro atoms. The first kappa shape index (κ1) is 8.26. The summed E-state index contributed by atoms with van der Waals surface area (Å²) in [4.78, 5) is 15.4. The van der Waals surface area contributed by atoms with Gasteiger partial charge in [-0.2, -0.15) is 0 Å². The van der Waals surface area contributed by atoms with Crippen molar-refractivity contribution in [2.75, 3.05) is 0 Å². The average molecular weight is 195 g/mol. The predicted molar refractivity (Wildman–Crippen MR) is 51.0 cm³/mol. The first-order chi connectivity index (χ1) is 6.31. The Balaban J connectivity index is 2.82. The molecule has 66 valence electrons. The van der Waals surface area contributed by atoms with Gasteiger partial charge in [0.15, 0.2) is 0 Å². The van der Waals surface area contributed by atoms with Crippen molar-refractivity contribution < 1.29 is 0 Å². The van der Waals surface area contributed by atoms with Gasteiger partial charge in [-0.05, 0) is 11.6 Å². The molecule has 0 radical (unpaired) electrons.